The molecule has 4 rings (SSSR count). The number of ether oxygens (including phenoxy) is 2. The van der Waals surface area contributed by atoms with Crippen LogP contribution in [0.5, 0.6) is 11.5 Å². The number of carbonyl (C=O) groups excluding carboxylic acids is 1. The van der Waals surface area contributed by atoms with E-state index >= 15 is 0 Å². The predicted octanol–water partition coefficient (Wildman–Crippen LogP) is 3.86. The number of methoxy groups -OCH3 is 2. The molecular formula is C22H20N4O4. The summed E-state index contributed by atoms with van der Waals surface area (Å²) in [5, 5.41) is 11.1. The zero-order valence-electron chi connectivity index (χ0n) is 16.5. The maximum absolute atomic E-state index is 12.6. The summed E-state index contributed by atoms with van der Waals surface area (Å²) in [5.41, 5.74) is 2.07. The second kappa shape index (κ2) is 8.52. The van der Waals surface area contributed by atoms with E-state index in [-0.39, 0.29) is 12.5 Å². The van der Waals surface area contributed by atoms with Crippen LogP contribution in [-0.4, -0.2) is 34.9 Å². The number of benzene rings is 2. The highest BCUT2D eigenvalue weighted by Crippen LogP contribution is 2.27. The van der Waals surface area contributed by atoms with E-state index < -0.39 is 0 Å². The van der Waals surface area contributed by atoms with Crippen LogP contribution in [0.1, 0.15) is 0 Å². The Kier molecular flexibility index (Phi) is 5.47. The lowest BCUT2D eigenvalue weighted by molar-refractivity contribution is -0.116. The van der Waals surface area contributed by atoms with Gasteiger partial charge in [-0.2, -0.15) is 0 Å². The molecule has 152 valence electrons. The molecule has 0 aliphatic heterocycles. The molecule has 0 atom stereocenters. The number of hydrogen-bond acceptors (Lipinski definition) is 6. The van der Waals surface area contributed by atoms with E-state index in [1.54, 1.807) is 43.2 Å². The molecule has 0 saturated heterocycles. The summed E-state index contributed by atoms with van der Waals surface area (Å²) < 4.78 is 18.0. The van der Waals surface area contributed by atoms with Gasteiger partial charge in [0.25, 0.3) is 5.89 Å². The standard InChI is InChI=1S/C22H20N4O4/c1-28-17-11-16(12-18(13-17)29-2)23-20(27)14-26-10-6-9-19(26)22-25-24-21(30-22)15-7-4-3-5-8-15/h3-13H,14H2,1-2H3,(H,23,27). The molecule has 8 heteroatoms. The van der Waals surface area contributed by atoms with Crippen molar-refractivity contribution in [2.45, 2.75) is 6.54 Å². The summed E-state index contributed by atoms with van der Waals surface area (Å²) in [6.07, 6.45) is 1.79. The number of nitrogens with zero attached hydrogens (tertiary/aromatic N) is 3. The maximum Gasteiger partial charge on any atom is 0.264 e. The van der Waals surface area contributed by atoms with Crippen molar-refractivity contribution in [3.05, 3.63) is 66.9 Å². The fourth-order valence-electron chi connectivity index (χ4n) is 3.01. The first-order chi connectivity index (χ1) is 14.7. The van der Waals surface area contributed by atoms with Gasteiger partial charge in [0.1, 0.15) is 23.7 Å². The van der Waals surface area contributed by atoms with E-state index in [1.165, 1.54) is 0 Å². The predicted molar refractivity (Wildman–Crippen MR) is 111 cm³/mol. The highest BCUT2D eigenvalue weighted by Gasteiger charge is 2.15. The Morgan fingerprint density at radius 3 is 2.37 bits per heavy atom. The monoisotopic (exact) mass is 404 g/mol. The third-order valence-corrected chi connectivity index (χ3v) is 4.44. The third-order valence-electron chi connectivity index (χ3n) is 4.44. The van der Waals surface area contributed by atoms with Gasteiger partial charge >= 0.3 is 0 Å². The minimum Gasteiger partial charge on any atom is -0.497 e. The van der Waals surface area contributed by atoms with Gasteiger partial charge in [-0.3, -0.25) is 4.79 Å². The number of anilines is 1. The minimum atomic E-state index is -0.217. The number of nitrogens with one attached hydrogen (secondary N) is 1. The van der Waals surface area contributed by atoms with Crippen LogP contribution in [0.15, 0.2) is 71.3 Å². The maximum atomic E-state index is 12.6. The van der Waals surface area contributed by atoms with Gasteiger partial charge in [0.2, 0.25) is 11.8 Å². The van der Waals surface area contributed by atoms with E-state index in [2.05, 4.69) is 15.5 Å². The fourth-order valence-corrected chi connectivity index (χ4v) is 3.01. The van der Waals surface area contributed by atoms with E-state index in [0.717, 1.165) is 5.56 Å². The Morgan fingerprint density at radius 1 is 0.967 bits per heavy atom. The lowest BCUT2D eigenvalue weighted by atomic mass is 10.2. The Balaban J connectivity index is 1.50. The zero-order chi connectivity index (χ0) is 20.9. The molecule has 2 aromatic heterocycles. The van der Waals surface area contributed by atoms with Crippen LogP contribution in [0.25, 0.3) is 23.0 Å². The number of rotatable bonds is 7. The molecule has 0 radical (unpaired) electrons. The molecule has 0 aliphatic carbocycles. The highest BCUT2D eigenvalue weighted by molar-refractivity contribution is 5.91. The van der Waals surface area contributed by atoms with Crippen LogP contribution in [0, 0.1) is 0 Å². The zero-order valence-corrected chi connectivity index (χ0v) is 16.5. The van der Waals surface area contributed by atoms with Crippen molar-refractivity contribution < 1.29 is 18.7 Å². The van der Waals surface area contributed by atoms with Crippen LogP contribution in [0.4, 0.5) is 5.69 Å². The minimum absolute atomic E-state index is 0.0743. The normalized spacial score (nSPS) is 10.6. The second-order valence-electron chi connectivity index (χ2n) is 6.45. The summed E-state index contributed by atoms with van der Waals surface area (Å²) in [4.78, 5) is 12.6. The number of aromatic nitrogens is 3. The fraction of sp³-hybridized carbons (Fsp3) is 0.136. The molecule has 30 heavy (non-hydrogen) atoms. The van der Waals surface area contributed by atoms with Crippen molar-refractivity contribution in [1.29, 1.82) is 0 Å². The van der Waals surface area contributed by atoms with Crippen LogP contribution in [-0.2, 0) is 11.3 Å². The van der Waals surface area contributed by atoms with E-state index in [0.29, 0.717) is 34.7 Å². The molecule has 2 aromatic carbocycles. The first-order valence-corrected chi connectivity index (χ1v) is 9.23. The third kappa shape index (κ3) is 4.17. The Bertz CT molecular complexity index is 1130. The lowest BCUT2D eigenvalue weighted by Gasteiger charge is -2.11. The molecule has 0 fully saturated rings. The first kappa shape index (κ1) is 19.3. The molecular weight excluding hydrogens is 384 g/mol. The summed E-state index contributed by atoms with van der Waals surface area (Å²) in [5.74, 6) is 1.72. The summed E-state index contributed by atoms with van der Waals surface area (Å²) in [6, 6.07) is 18.3. The van der Waals surface area contributed by atoms with Gasteiger partial charge in [-0.1, -0.05) is 18.2 Å². The second-order valence-corrected chi connectivity index (χ2v) is 6.45. The van der Waals surface area contributed by atoms with Crippen molar-refractivity contribution in [2.75, 3.05) is 19.5 Å². The quantitative estimate of drug-likeness (QED) is 0.503. The van der Waals surface area contributed by atoms with Crippen LogP contribution in [0.3, 0.4) is 0 Å². The molecule has 4 aromatic rings. The first-order valence-electron chi connectivity index (χ1n) is 9.23. The lowest BCUT2D eigenvalue weighted by Crippen LogP contribution is -2.18. The van der Waals surface area contributed by atoms with Crippen molar-refractivity contribution in [1.82, 2.24) is 14.8 Å². The molecule has 2 heterocycles. The molecule has 8 nitrogen and oxygen atoms in total. The largest absolute Gasteiger partial charge is 0.497 e. The topological polar surface area (TPSA) is 91.4 Å². The van der Waals surface area contributed by atoms with Crippen LogP contribution < -0.4 is 14.8 Å². The van der Waals surface area contributed by atoms with Crippen LogP contribution >= 0.6 is 0 Å². The number of hydrogen-bond donors (Lipinski definition) is 1. The highest BCUT2D eigenvalue weighted by atomic mass is 16.5. The number of amides is 1. The van der Waals surface area contributed by atoms with E-state index in [4.69, 9.17) is 13.9 Å². The summed E-state index contributed by atoms with van der Waals surface area (Å²) in [7, 11) is 3.11. The van der Waals surface area contributed by atoms with Crippen molar-refractivity contribution >= 4 is 11.6 Å². The van der Waals surface area contributed by atoms with Gasteiger partial charge in [0.05, 0.1) is 14.2 Å². The van der Waals surface area contributed by atoms with E-state index in [9.17, 15) is 4.79 Å². The number of carbonyl (C=O) groups is 1. The van der Waals surface area contributed by atoms with Crippen molar-refractivity contribution in [3.63, 3.8) is 0 Å². The summed E-state index contributed by atoms with van der Waals surface area (Å²) >= 11 is 0. The summed E-state index contributed by atoms with van der Waals surface area (Å²) in [6.45, 7) is 0.0743. The van der Waals surface area contributed by atoms with Crippen LogP contribution in [0.2, 0.25) is 0 Å². The smallest absolute Gasteiger partial charge is 0.264 e. The van der Waals surface area contributed by atoms with Crippen molar-refractivity contribution in [3.8, 4) is 34.5 Å². The van der Waals surface area contributed by atoms with E-state index in [1.807, 2.05) is 42.5 Å². The Morgan fingerprint density at radius 2 is 1.67 bits per heavy atom. The SMILES string of the molecule is COc1cc(NC(=O)Cn2cccc2-c2nnc(-c3ccccc3)o2)cc(OC)c1. The van der Waals surface area contributed by atoms with Gasteiger partial charge in [-0.05, 0) is 24.3 Å². The van der Waals surface area contributed by atoms with Gasteiger partial charge in [-0.25, -0.2) is 0 Å². The molecule has 0 unspecified atom stereocenters. The van der Waals surface area contributed by atoms with Gasteiger partial charge in [0, 0.05) is 35.6 Å². The van der Waals surface area contributed by atoms with Gasteiger partial charge in [0.15, 0.2) is 0 Å². The molecule has 1 amide bonds. The van der Waals surface area contributed by atoms with Crippen molar-refractivity contribution in [2.24, 2.45) is 0 Å². The average Bonchev–Trinajstić information content (AvgIpc) is 3.43. The van der Waals surface area contributed by atoms with Gasteiger partial charge < -0.3 is 23.8 Å². The molecule has 0 aliphatic rings. The Labute approximate surface area is 173 Å². The molecule has 0 spiro atoms. The van der Waals surface area contributed by atoms with Gasteiger partial charge in [-0.15, -0.1) is 10.2 Å². The Hall–Kier alpha value is -4.07. The average molecular weight is 404 g/mol. The molecule has 0 saturated carbocycles. The molecule has 0 bridgehead atoms. The molecule has 1 N–H and O–H groups in total.